The van der Waals surface area contributed by atoms with Gasteiger partial charge in [-0.3, -0.25) is 0 Å². The Morgan fingerprint density at radius 3 is 2.71 bits per heavy atom. The number of piperidine rings is 1. The molecule has 0 aliphatic carbocycles. The Labute approximate surface area is 200 Å². The fourth-order valence-corrected chi connectivity index (χ4v) is 4.19. The van der Waals surface area contributed by atoms with E-state index in [9.17, 15) is 0 Å². The summed E-state index contributed by atoms with van der Waals surface area (Å²) in [6.07, 6.45) is 9.71. The molecule has 0 saturated carbocycles. The van der Waals surface area contributed by atoms with Crippen molar-refractivity contribution in [3.8, 4) is 5.69 Å². The van der Waals surface area contributed by atoms with E-state index in [4.69, 9.17) is 4.42 Å². The van der Waals surface area contributed by atoms with Crippen LogP contribution in [-0.2, 0) is 6.54 Å². The van der Waals surface area contributed by atoms with Crippen LogP contribution in [0.25, 0.3) is 16.7 Å². The standard InChI is InChI=1S/C23H24N4O.3ClH/c1-2-5-17(6-3-1)22-21(7-4-9-25-22)26-15-19-14-20(27-11-10-24-16-27)13-18-8-12-28-23(18)19;;;/h1-3,5-6,8,10-14,16,21-22,25-26H,4,7,9,15H2;3*1H/t21-,22-;;;/m0.../s1. The van der Waals surface area contributed by atoms with Crippen molar-refractivity contribution in [3.05, 3.63) is 84.6 Å². The first-order chi connectivity index (χ1) is 13.9. The van der Waals surface area contributed by atoms with Crippen LogP contribution in [0.5, 0.6) is 0 Å². The highest BCUT2D eigenvalue weighted by atomic mass is 35.5. The Kier molecular flexibility index (Phi) is 9.41. The van der Waals surface area contributed by atoms with Crippen LogP contribution >= 0.6 is 37.2 Å². The fourth-order valence-electron chi connectivity index (χ4n) is 4.19. The highest BCUT2D eigenvalue weighted by molar-refractivity contribution is 5.86. The number of imidazole rings is 1. The van der Waals surface area contributed by atoms with Gasteiger partial charge in [0, 0.05) is 47.7 Å². The second-order valence-electron chi connectivity index (χ2n) is 7.39. The molecule has 5 rings (SSSR count). The molecule has 0 bridgehead atoms. The van der Waals surface area contributed by atoms with Crippen molar-refractivity contribution in [1.29, 1.82) is 0 Å². The molecule has 166 valence electrons. The normalized spacial score (nSPS) is 17.9. The summed E-state index contributed by atoms with van der Waals surface area (Å²) in [6, 6.07) is 17.8. The van der Waals surface area contributed by atoms with Crippen molar-refractivity contribution in [2.45, 2.75) is 31.5 Å². The first kappa shape index (κ1) is 25.2. The van der Waals surface area contributed by atoms with Crippen molar-refractivity contribution in [3.63, 3.8) is 0 Å². The number of hydrogen-bond acceptors (Lipinski definition) is 4. The third-order valence-electron chi connectivity index (χ3n) is 5.59. The van der Waals surface area contributed by atoms with E-state index in [2.05, 4.69) is 58.1 Å². The second-order valence-corrected chi connectivity index (χ2v) is 7.39. The van der Waals surface area contributed by atoms with Crippen molar-refractivity contribution in [1.82, 2.24) is 20.2 Å². The Balaban J connectivity index is 0.00000114. The van der Waals surface area contributed by atoms with E-state index in [1.165, 1.54) is 17.5 Å². The zero-order valence-electron chi connectivity index (χ0n) is 16.9. The van der Waals surface area contributed by atoms with Gasteiger partial charge in [0.2, 0.25) is 0 Å². The van der Waals surface area contributed by atoms with Crippen LogP contribution in [-0.4, -0.2) is 22.1 Å². The summed E-state index contributed by atoms with van der Waals surface area (Å²) in [5, 5.41) is 8.60. The Morgan fingerprint density at radius 2 is 1.94 bits per heavy atom. The number of rotatable bonds is 5. The number of nitrogens with zero attached hydrogens (tertiary/aromatic N) is 2. The lowest BCUT2D eigenvalue weighted by atomic mass is 9.92. The highest BCUT2D eigenvalue weighted by Gasteiger charge is 2.25. The molecule has 1 aliphatic rings. The maximum Gasteiger partial charge on any atom is 0.138 e. The predicted molar refractivity (Wildman–Crippen MR) is 132 cm³/mol. The first-order valence-corrected chi connectivity index (χ1v) is 9.89. The highest BCUT2D eigenvalue weighted by Crippen LogP contribution is 2.27. The van der Waals surface area contributed by atoms with E-state index < -0.39 is 0 Å². The lowest BCUT2D eigenvalue weighted by Gasteiger charge is -2.34. The van der Waals surface area contributed by atoms with Crippen LogP contribution in [0, 0.1) is 0 Å². The molecule has 1 aliphatic heterocycles. The number of fused-ring (bicyclic) bond motifs is 1. The van der Waals surface area contributed by atoms with Gasteiger partial charge in [-0.05, 0) is 43.1 Å². The number of benzene rings is 2. The largest absolute Gasteiger partial charge is 0.464 e. The van der Waals surface area contributed by atoms with Crippen LogP contribution in [0.15, 0.2) is 77.9 Å². The summed E-state index contributed by atoms with van der Waals surface area (Å²) in [7, 11) is 0. The van der Waals surface area contributed by atoms with E-state index >= 15 is 0 Å². The van der Waals surface area contributed by atoms with Gasteiger partial charge >= 0.3 is 0 Å². The molecule has 0 radical (unpaired) electrons. The van der Waals surface area contributed by atoms with Crippen molar-refractivity contribution in [2.24, 2.45) is 0 Å². The molecule has 2 aromatic heterocycles. The fraction of sp³-hybridized carbons (Fsp3) is 0.261. The van der Waals surface area contributed by atoms with Crippen LogP contribution in [0.3, 0.4) is 0 Å². The van der Waals surface area contributed by atoms with Gasteiger partial charge in [-0.15, -0.1) is 37.2 Å². The van der Waals surface area contributed by atoms with Crippen LogP contribution in [0.4, 0.5) is 0 Å². The Morgan fingerprint density at radius 1 is 1.10 bits per heavy atom. The zero-order chi connectivity index (χ0) is 18.8. The van der Waals surface area contributed by atoms with E-state index in [-0.39, 0.29) is 37.2 Å². The predicted octanol–water partition coefficient (Wildman–Crippen LogP) is 5.47. The Hall–Kier alpha value is -2.02. The molecular weight excluding hydrogens is 455 g/mol. The van der Waals surface area contributed by atoms with Gasteiger partial charge in [-0.25, -0.2) is 4.98 Å². The lowest BCUT2D eigenvalue weighted by Crippen LogP contribution is -2.45. The molecule has 0 unspecified atom stereocenters. The summed E-state index contributed by atoms with van der Waals surface area (Å²) in [5.41, 5.74) is 4.57. The Bertz CT molecular complexity index is 1050. The van der Waals surface area contributed by atoms with Crippen molar-refractivity contribution < 1.29 is 4.42 Å². The van der Waals surface area contributed by atoms with Gasteiger partial charge < -0.3 is 19.6 Å². The summed E-state index contributed by atoms with van der Waals surface area (Å²) in [4.78, 5) is 4.17. The maximum absolute atomic E-state index is 5.79. The number of aromatic nitrogens is 2. The molecule has 0 spiro atoms. The van der Waals surface area contributed by atoms with Crippen molar-refractivity contribution >= 4 is 48.2 Å². The summed E-state index contributed by atoms with van der Waals surface area (Å²) < 4.78 is 7.82. The molecule has 1 fully saturated rings. The number of halogens is 3. The molecule has 4 aromatic rings. The van der Waals surface area contributed by atoms with E-state index in [0.717, 1.165) is 36.2 Å². The summed E-state index contributed by atoms with van der Waals surface area (Å²) in [6.45, 7) is 1.83. The van der Waals surface area contributed by atoms with Gasteiger partial charge in [-0.1, -0.05) is 30.3 Å². The van der Waals surface area contributed by atoms with Crippen LogP contribution in [0.2, 0.25) is 0 Å². The molecule has 2 atom stereocenters. The molecule has 2 aromatic carbocycles. The zero-order valence-corrected chi connectivity index (χ0v) is 19.4. The topological polar surface area (TPSA) is 55.0 Å². The molecule has 2 N–H and O–H groups in total. The molecule has 0 amide bonds. The van der Waals surface area contributed by atoms with Crippen molar-refractivity contribution in [2.75, 3.05) is 6.54 Å². The van der Waals surface area contributed by atoms with Crippen LogP contribution < -0.4 is 10.6 Å². The molecule has 1 saturated heterocycles. The van der Waals surface area contributed by atoms with E-state index in [1.807, 2.05) is 23.2 Å². The summed E-state index contributed by atoms with van der Waals surface area (Å²) >= 11 is 0. The third-order valence-corrected chi connectivity index (χ3v) is 5.59. The average Bonchev–Trinajstić information content (AvgIpc) is 3.44. The van der Waals surface area contributed by atoms with Gasteiger partial charge in [0.1, 0.15) is 5.58 Å². The minimum Gasteiger partial charge on any atom is -0.464 e. The minimum absolute atomic E-state index is 0. The number of hydrogen-bond donors (Lipinski definition) is 2. The van der Waals surface area contributed by atoms with Gasteiger partial charge in [-0.2, -0.15) is 0 Å². The number of nitrogens with one attached hydrogen (secondary N) is 2. The average molecular weight is 482 g/mol. The molecule has 8 heteroatoms. The van der Waals surface area contributed by atoms with Gasteiger partial charge in [0.05, 0.1) is 12.6 Å². The molecular formula is C23H27Cl3N4O. The lowest BCUT2D eigenvalue weighted by molar-refractivity contribution is 0.304. The van der Waals surface area contributed by atoms with E-state index in [0.29, 0.717) is 12.1 Å². The second kappa shape index (κ2) is 11.6. The monoisotopic (exact) mass is 480 g/mol. The molecule has 31 heavy (non-hydrogen) atoms. The number of furan rings is 1. The SMILES string of the molecule is Cl.Cl.Cl.c1ccc([C@@H]2NCCC[C@@H]2NCc2cc(-n3ccnc3)cc3ccoc23)cc1. The molecule has 3 heterocycles. The first-order valence-electron chi connectivity index (χ1n) is 9.89. The summed E-state index contributed by atoms with van der Waals surface area (Å²) in [5.74, 6) is 0. The van der Waals surface area contributed by atoms with Gasteiger partial charge in [0.15, 0.2) is 0 Å². The van der Waals surface area contributed by atoms with Crippen LogP contribution in [0.1, 0.15) is 30.0 Å². The van der Waals surface area contributed by atoms with E-state index in [1.54, 1.807) is 12.5 Å². The molecule has 5 nitrogen and oxygen atoms in total. The third kappa shape index (κ3) is 5.43. The maximum atomic E-state index is 5.79. The minimum atomic E-state index is 0. The quantitative estimate of drug-likeness (QED) is 0.397. The smallest absolute Gasteiger partial charge is 0.138 e. The van der Waals surface area contributed by atoms with Gasteiger partial charge in [0.25, 0.3) is 0 Å².